The van der Waals surface area contributed by atoms with Crippen molar-refractivity contribution in [3.63, 3.8) is 0 Å². The number of nitrogens with zero attached hydrogens (tertiary/aromatic N) is 2. The summed E-state index contributed by atoms with van der Waals surface area (Å²) in [6, 6.07) is 11.7. The van der Waals surface area contributed by atoms with Crippen LogP contribution in [0.15, 0.2) is 52.2 Å². The molecular weight excluding hydrogens is 434 g/mol. The molecule has 7 nitrogen and oxygen atoms in total. The number of piperidine rings is 1. The molecule has 0 radical (unpaired) electrons. The average Bonchev–Trinajstić information content (AvgIpc) is 3.08. The summed E-state index contributed by atoms with van der Waals surface area (Å²) in [5.74, 6) is 0.0624. The first-order valence-electron chi connectivity index (χ1n) is 10.3. The van der Waals surface area contributed by atoms with Crippen LogP contribution >= 0.6 is 11.3 Å². The second-order valence-electron chi connectivity index (χ2n) is 7.81. The molecule has 0 unspecified atom stereocenters. The number of aromatic nitrogens is 1. The minimum absolute atomic E-state index is 0.0624. The third-order valence-corrected chi connectivity index (χ3v) is 7.83. The Hall–Kier alpha value is -2.65. The van der Waals surface area contributed by atoms with Gasteiger partial charge in [-0.25, -0.2) is 8.42 Å². The minimum Gasteiger partial charge on any atom is -0.343 e. The molecule has 1 saturated heterocycles. The van der Waals surface area contributed by atoms with E-state index in [0.29, 0.717) is 22.4 Å². The molecule has 1 amide bonds. The van der Waals surface area contributed by atoms with Crippen molar-refractivity contribution < 1.29 is 13.2 Å². The van der Waals surface area contributed by atoms with Crippen molar-refractivity contribution in [2.45, 2.75) is 44.0 Å². The maximum atomic E-state index is 12.8. The Labute approximate surface area is 185 Å². The molecule has 0 bridgehead atoms. The van der Waals surface area contributed by atoms with Crippen molar-refractivity contribution in [2.75, 3.05) is 17.8 Å². The van der Waals surface area contributed by atoms with E-state index in [1.165, 1.54) is 12.1 Å². The number of nitrogens with one attached hydrogen (secondary N) is 1. The number of benzene rings is 2. The van der Waals surface area contributed by atoms with Gasteiger partial charge in [0.1, 0.15) is 0 Å². The van der Waals surface area contributed by atoms with E-state index < -0.39 is 10.0 Å². The molecule has 0 saturated carbocycles. The lowest BCUT2D eigenvalue weighted by atomic mass is 10.1. The number of thiazole rings is 1. The lowest BCUT2D eigenvalue weighted by Crippen LogP contribution is -2.36. The summed E-state index contributed by atoms with van der Waals surface area (Å²) in [5.41, 5.74) is 2.16. The van der Waals surface area contributed by atoms with Crippen LogP contribution in [0.3, 0.4) is 0 Å². The Balaban J connectivity index is 1.53. The molecule has 1 N–H and O–H groups in total. The molecule has 0 atom stereocenters. The molecule has 1 aliphatic heterocycles. The van der Waals surface area contributed by atoms with Gasteiger partial charge in [-0.2, -0.15) is 0 Å². The Kier molecular flexibility index (Phi) is 6.15. The predicted octanol–water partition coefficient (Wildman–Crippen LogP) is 3.57. The standard InChI is InChI=1S/C22H25N3O4S2/c1-16-5-7-17(8-6-16)23-31(28,29)18-9-10-19-20(15-18)30-22(27)25(19)14-11-21(26)24-12-3-2-4-13-24/h5-10,15,23H,2-4,11-14H2,1H3. The number of carbonyl (C=O) groups excluding carboxylic acids is 1. The van der Waals surface area contributed by atoms with Crippen molar-refractivity contribution in [3.05, 3.63) is 57.7 Å². The van der Waals surface area contributed by atoms with Crippen LogP contribution in [0.2, 0.25) is 0 Å². The van der Waals surface area contributed by atoms with Gasteiger partial charge in [0.2, 0.25) is 5.91 Å². The van der Waals surface area contributed by atoms with E-state index in [0.717, 1.165) is 49.3 Å². The fraction of sp³-hybridized carbons (Fsp3) is 0.364. The molecule has 31 heavy (non-hydrogen) atoms. The van der Waals surface area contributed by atoms with Gasteiger partial charge in [0, 0.05) is 31.7 Å². The van der Waals surface area contributed by atoms with Gasteiger partial charge >= 0.3 is 4.87 Å². The highest BCUT2D eigenvalue weighted by Gasteiger charge is 2.19. The van der Waals surface area contributed by atoms with E-state index in [4.69, 9.17) is 0 Å². The molecule has 1 aliphatic rings. The zero-order valence-electron chi connectivity index (χ0n) is 17.3. The van der Waals surface area contributed by atoms with Gasteiger partial charge in [0.15, 0.2) is 0 Å². The number of aryl methyl sites for hydroxylation is 2. The number of fused-ring (bicyclic) bond motifs is 1. The first kappa shape index (κ1) is 21.6. The number of hydrogen-bond acceptors (Lipinski definition) is 5. The first-order valence-corrected chi connectivity index (χ1v) is 12.6. The van der Waals surface area contributed by atoms with Crippen LogP contribution in [-0.2, 0) is 21.4 Å². The van der Waals surface area contributed by atoms with Crippen molar-refractivity contribution in [2.24, 2.45) is 0 Å². The van der Waals surface area contributed by atoms with Crippen molar-refractivity contribution >= 4 is 43.2 Å². The number of rotatable bonds is 6. The number of likely N-dealkylation sites (tertiary alicyclic amines) is 1. The van der Waals surface area contributed by atoms with Crippen LogP contribution in [0.4, 0.5) is 5.69 Å². The van der Waals surface area contributed by atoms with E-state index in [1.807, 2.05) is 24.0 Å². The summed E-state index contributed by atoms with van der Waals surface area (Å²) in [5, 5.41) is 0. The monoisotopic (exact) mass is 459 g/mol. The lowest BCUT2D eigenvalue weighted by molar-refractivity contribution is -0.132. The van der Waals surface area contributed by atoms with Gasteiger partial charge in [-0.15, -0.1) is 0 Å². The van der Waals surface area contributed by atoms with Crippen molar-refractivity contribution in [1.82, 2.24) is 9.47 Å². The molecule has 1 fully saturated rings. The van der Waals surface area contributed by atoms with Crippen molar-refractivity contribution in [3.8, 4) is 0 Å². The third kappa shape index (κ3) is 4.83. The van der Waals surface area contributed by atoms with Crippen molar-refractivity contribution in [1.29, 1.82) is 0 Å². The fourth-order valence-electron chi connectivity index (χ4n) is 3.77. The predicted molar refractivity (Wildman–Crippen MR) is 123 cm³/mol. The second kappa shape index (κ2) is 8.84. The zero-order valence-corrected chi connectivity index (χ0v) is 19.0. The van der Waals surface area contributed by atoms with Gasteiger partial charge in [-0.05, 0) is 56.5 Å². The second-order valence-corrected chi connectivity index (χ2v) is 10.5. The van der Waals surface area contributed by atoms with Gasteiger partial charge in [-0.1, -0.05) is 29.0 Å². The van der Waals surface area contributed by atoms with Gasteiger partial charge in [0.25, 0.3) is 10.0 Å². The lowest BCUT2D eigenvalue weighted by Gasteiger charge is -2.26. The topological polar surface area (TPSA) is 88.5 Å². The summed E-state index contributed by atoms with van der Waals surface area (Å²) in [6.07, 6.45) is 3.48. The smallest absolute Gasteiger partial charge is 0.308 e. The normalized spacial score (nSPS) is 14.7. The van der Waals surface area contributed by atoms with Crippen LogP contribution in [0, 0.1) is 6.92 Å². The molecule has 164 valence electrons. The Morgan fingerprint density at radius 2 is 1.77 bits per heavy atom. The molecule has 2 heterocycles. The van der Waals surface area contributed by atoms with Crippen LogP contribution < -0.4 is 9.60 Å². The Morgan fingerprint density at radius 3 is 2.48 bits per heavy atom. The third-order valence-electron chi connectivity index (χ3n) is 5.51. The van der Waals surface area contributed by atoms with Gasteiger partial charge < -0.3 is 4.90 Å². The highest BCUT2D eigenvalue weighted by Crippen LogP contribution is 2.24. The van der Waals surface area contributed by atoms with E-state index in [-0.39, 0.29) is 22.1 Å². The van der Waals surface area contributed by atoms with E-state index in [1.54, 1.807) is 22.8 Å². The molecule has 0 aliphatic carbocycles. The van der Waals surface area contributed by atoms with E-state index in [2.05, 4.69) is 4.72 Å². The maximum Gasteiger partial charge on any atom is 0.308 e. The molecule has 3 aromatic rings. The molecule has 1 aromatic heterocycles. The molecular formula is C22H25N3O4S2. The zero-order chi connectivity index (χ0) is 22.0. The van der Waals surface area contributed by atoms with Crippen LogP contribution in [-0.4, -0.2) is 36.9 Å². The Morgan fingerprint density at radius 1 is 1.06 bits per heavy atom. The molecule has 4 rings (SSSR count). The molecule has 2 aromatic carbocycles. The van der Waals surface area contributed by atoms with E-state index >= 15 is 0 Å². The van der Waals surface area contributed by atoms with Crippen LogP contribution in [0.5, 0.6) is 0 Å². The fourth-order valence-corrected chi connectivity index (χ4v) is 5.89. The number of hydrogen-bond donors (Lipinski definition) is 1. The average molecular weight is 460 g/mol. The summed E-state index contributed by atoms with van der Waals surface area (Å²) < 4.78 is 30.3. The molecule has 0 spiro atoms. The SMILES string of the molecule is Cc1ccc(NS(=O)(=O)c2ccc3c(c2)sc(=O)n3CCC(=O)N2CCCCC2)cc1. The largest absolute Gasteiger partial charge is 0.343 e. The number of carbonyl (C=O) groups is 1. The van der Waals surface area contributed by atoms with Gasteiger partial charge in [0.05, 0.1) is 15.1 Å². The quantitative estimate of drug-likeness (QED) is 0.610. The summed E-state index contributed by atoms with van der Waals surface area (Å²) in [7, 11) is -3.78. The number of sulfonamides is 1. The summed E-state index contributed by atoms with van der Waals surface area (Å²) in [6.45, 7) is 3.79. The highest BCUT2D eigenvalue weighted by molar-refractivity contribution is 7.92. The van der Waals surface area contributed by atoms with Crippen LogP contribution in [0.1, 0.15) is 31.2 Å². The van der Waals surface area contributed by atoms with E-state index in [9.17, 15) is 18.0 Å². The number of amides is 1. The highest BCUT2D eigenvalue weighted by atomic mass is 32.2. The Bertz CT molecular complexity index is 1250. The minimum atomic E-state index is -3.78. The number of anilines is 1. The first-order chi connectivity index (χ1) is 14.8. The molecule has 9 heteroatoms. The summed E-state index contributed by atoms with van der Waals surface area (Å²) >= 11 is 0.995. The summed E-state index contributed by atoms with van der Waals surface area (Å²) in [4.78, 5) is 26.7. The van der Waals surface area contributed by atoms with Crippen LogP contribution in [0.25, 0.3) is 10.2 Å². The maximum absolute atomic E-state index is 12.8. The van der Waals surface area contributed by atoms with Gasteiger partial charge in [-0.3, -0.25) is 18.9 Å².